The Hall–Kier alpha value is -0.200. The van der Waals surface area contributed by atoms with Crippen LogP contribution in [0.1, 0.15) is 24.5 Å². The van der Waals surface area contributed by atoms with Crippen LogP contribution in [0.15, 0.2) is 24.3 Å². The fraction of sp³-hybridized carbons (Fsp3) is 0.571. The molecule has 18 heavy (non-hydrogen) atoms. The predicted molar refractivity (Wildman–Crippen MR) is 77.5 cm³/mol. The fourth-order valence-corrected chi connectivity index (χ4v) is 2.85. The maximum Gasteiger partial charge on any atom is 0.129 e. The van der Waals surface area contributed by atoms with Crippen LogP contribution < -0.4 is 0 Å². The second kappa shape index (κ2) is 7.40. The molecule has 1 aromatic rings. The van der Waals surface area contributed by atoms with Gasteiger partial charge in [-0.05, 0) is 24.8 Å². The monoisotopic (exact) mass is 364 g/mol. The van der Waals surface area contributed by atoms with Gasteiger partial charge in [0.15, 0.2) is 0 Å². The minimum Gasteiger partial charge on any atom is -0.381 e. The highest BCUT2D eigenvalue weighted by Gasteiger charge is 2.19. The summed E-state index contributed by atoms with van der Waals surface area (Å²) in [6.45, 7) is 2.34. The van der Waals surface area contributed by atoms with Crippen LogP contribution in [0.4, 0.5) is 4.39 Å². The van der Waals surface area contributed by atoms with Gasteiger partial charge in [-0.25, -0.2) is 4.39 Å². The number of benzene rings is 1. The van der Waals surface area contributed by atoms with Crippen molar-refractivity contribution in [2.24, 2.45) is 5.92 Å². The average Bonchev–Trinajstić information content (AvgIpc) is 2.42. The van der Waals surface area contributed by atoms with E-state index in [2.05, 4.69) is 22.6 Å². The maximum absolute atomic E-state index is 13.7. The number of hydrogen-bond acceptors (Lipinski definition) is 2. The Morgan fingerprint density at radius 1 is 1.33 bits per heavy atom. The first-order valence-electron chi connectivity index (χ1n) is 6.31. The number of hydrogen-bond donors (Lipinski definition) is 0. The van der Waals surface area contributed by atoms with Crippen LogP contribution in [-0.2, 0) is 9.47 Å². The molecule has 1 aliphatic rings. The molecule has 0 spiro atoms. The summed E-state index contributed by atoms with van der Waals surface area (Å²) in [4.78, 5) is 0. The van der Waals surface area contributed by atoms with Crippen molar-refractivity contribution in [3.63, 3.8) is 0 Å². The zero-order valence-electron chi connectivity index (χ0n) is 10.3. The van der Waals surface area contributed by atoms with Crippen molar-refractivity contribution < 1.29 is 13.9 Å². The average molecular weight is 364 g/mol. The fourth-order valence-electron chi connectivity index (χ4n) is 2.12. The zero-order valence-corrected chi connectivity index (χ0v) is 12.4. The molecule has 100 valence electrons. The van der Waals surface area contributed by atoms with Crippen molar-refractivity contribution in [3.8, 4) is 0 Å². The van der Waals surface area contributed by atoms with Gasteiger partial charge in [0, 0.05) is 23.2 Å². The van der Waals surface area contributed by atoms with Crippen LogP contribution in [0, 0.1) is 11.7 Å². The van der Waals surface area contributed by atoms with Gasteiger partial charge in [0.1, 0.15) is 5.82 Å². The maximum atomic E-state index is 13.7. The van der Waals surface area contributed by atoms with Crippen LogP contribution in [0.2, 0.25) is 0 Å². The van der Waals surface area contributed by atoms with Crippen molar-refractivity contribution in [1.29, 1.82) is 0 Å². The molecule has 0 amide bonds. The molecule has 1 saturated heterocycles. The van der Waals surface area contributed by atoms with E-state index in [1.165, 1.54) is 6.07 Å². The highest BCUT2D eigenvalue weighted by Crippen LogP contribution is 2.25. The highest BCUT2D eigenvalue weighted by atomic mass is 127. The summed E-state index contributed by atoms with van der Waals surface area (Å²) in [6, 6.07) is 6.87. The summed E-state index contributed by atoms with van der Waals surface area (Å²) in [5.41, 5.74) is 0.666. The molecule has 2 rings (SSSR count). The van der Waals surface area contributed by atoms with E-state index in [0.717, 1.165) is 30.5 Å². The lowest BCUT2D eigenvalue weighted by atomic mass is 10.0. The third kappa shape index (κ3) is 3.90. The van der Waals surface area contributed by atoms with Gasteiger partial charge in [0.2, 0.25) is 0 Å². The topological polar surface area (TPSA) is 18.5 Å². The molecule has 4 heteroatoms. The quantitative estimate of drug-likeness (QED) is 0.585. The molecule has 1 aromatic carbocycles. The standard InChI is InChI=1S/C14H18FIO2/c15-13-4-2-1-3-12(13)14(9-16)18-10-11-5-7-17-8-6-11/h1-4,11,14H,5-10H2. The Bertz CT molecular complexity index is 367. The summed E-state index contributed by atoms with van der Waals surface area (Å²) in [7, 11) is 0. The summed E-state index contributed by atoms with van der Waals surface area (Å²) in [5.74, 6) is 0.377. The van der Waals surface area contributed by atoms with E-state index in [-0.39, 0.29) is 11.9 Å². The molecular weight excluding hydrogens is 346 g/mol. The van der Waals surface area contributed by atoms with E-state index in [0.29, 0.717) is 18.1 Å². The number of halogens is 2. The first kappa shape index (κ1) is 14.2. The molecule has 1 heterocycles. The SMILES string of the molecule is Fc1ccccc1C(CI)OCC1CCOCC1. The molecule has 2 nitrogen and oxygen atoms in total. The minimum atomic E-state index is -0.175. The summed E-state index contributed by atoms with van der Waals surface area (Å²) in [6.07, 6.45) is 1.95. The van der Waals surface area contributed by atoms with Crippen LogP contribution in [0.25, 0.3) is 0 Å². The van der Waals surface area contributed by atoms with E-state index in [9.17, 15) is 4.39 Å². The molecule has 0 radical (unpaired) electrons. The molecule has 1 fully saturated rings. The number of ether oxygens (including phenoxy) is 2. The normalized spacial score (nSPS) is 18.8. The lowest BCUT2D eigenvalue weighted by Gasteiger charge is -2.24. The summed E-state index contributed by atoms with van der Waals surface area (Å²) >= 11 is 2.25. The molecule has 0 aliphatic carbocycles. The van der Waals surface area contributed by atoms with Gasteiger partial charge in [0.05, 0.1) is 12.7 Å². The Balaban J connectivity index is 1.91. The van der Waals surface area contributed by atoms with Gasteiger partial charge in [-0.15, -0.1) is 0 Å². The van der Waals surface area contributed by atoms with E-state index >= 15 is 0 Å². The van der Waals surface area contributed by atoms with Gasteiger partial charge >= 0.3 is 0 Å². The van der Waals surface area contributed by atoms with Crippen LogP contribution >= 0.6 is 22.6 Å². The zero-order chi connectivity index (χ0) is 12.8. The van der Waals surface area contributed by atoms with Crippen LogP contribution in [0.5, 0.6) is 0 Å². The Kier molecular flexibility index (Phi) is 5.85. The van der Waals surface area contributed by atoms with Crippen molar-refractivity contribution >= 4 is 22.6 Å². The molecule has 0 N–H and O–H groups in total. The first-order valence-corrected chi connectivity index (χ1v) is 7.83. The lowest BCUT2D eigenvalue weighted by Crippen LogP contribution is -2.22. The third-order valence-electron chi connectivity index (χ3n) is 3.27. The van der Waals surface area contributed by atoms with Crippen molar-refractivity contribution in [2.75, 3.05) is 24.2 Å². The second-order valence-corrected chi connectivity index (χ2v) is 5.43. The van der Waals surface area contributed by atoms with Gasteiger partial charge in [-0.2, -0.15) is 0 Å². The summed E-state index contributed by atoms with van der Waals surface area (Å²) < 4.78 is 25.7. The van der Waals surface area contributed by atoms with E-state index in [4.69, 9.17) is 9.47 Å². The molecule has 0 saturated carbocycles. The molecule has 1 aliphatic heterocycles. The van der Waals surface area contributed by atoms with Gasteiger partial charge in [0.25, 0.3) is 0 Å². The number of alkyl halides is 1. The van der Waals surface area contributed by atoms with Crippen molar-refractivity contribution in [3.05, 3.63) is 35.6 Å². The number of rotatable bonds is 5. The van der Waals surface area contributed by atoms with Gasteiger partial charge < -0.3 is 9.47 Å². The highest BCUT2D eigenvalue weighted by molar-refractivity contribution is 14.1. The van der Waals surface area contributed by atoms with Gasteiger partial charge in [-0.3, -0.25) is 0 Å². The molecule has 1 atom stereocenters. The Morgan fingerprint density at radius 2 is 2.06 bits per heavy atom. The largest absolute Gasteiger partial charge is 0.381 e. The smallest absolute Gasteiger partial charge is 0.129 e. The molecule has 0 bridgehead atoms. The molecular formula is C14H18FIO2. The Labute approximate surface area is 121 Å². The second-order valence-electron chi connectivity index (χ2n) is 4.55. The van der Waals surface area contributed by atoms with Crippen LogP contribution in [-0.4, -0.2) is 24.2 Å². The first-order chi connectivity index (χ1) is 8.81. The van der Waals surface area contributed by atoms with Gasteiger partial charge in [-0.1, -0.05) is 40.8 Å². The van der Waals surface area contributed by atoms with E-state index in [1.54, 1.807) is 6.07 Å². The van der Waals surface area contributed by atoms with Crippen molar-refractivity contribution in [1.82, 2.24) is 0 Å². The summed E-state index contributed by atoms with van der Waals surface area (Å²) in [5, 5.41) is 0. The minimum absolute atomic E-state index is 0.144. The molecule has 1 unspecified atom stereocenters. The Morgan fingerprint density at radius 3 is 2.72 bits per heavy atom. The predicted octanol–water partition coefficient (Wildman–Crippen LogP) is 3.75. The van der Waals surface area contributed by atoms with Crippen molar-refractivity contribution in [2.45, 2.75) is 18.9 Å². The molecule has 0 aromatic heterocycles. The van der Waals surface area contributed by atoms with Crippen LogP contribution in [0.3, 0.4) is 0 Å². The van der Waals surface area contributed by atoms with E-state index in [1.807, 2.05) is 12.1 Å². The lowest BCUT2D eigenvalue weighted by molar-refractivity contribution is -0.00417. The van der Waals surface area contributed by atoms with E-state index < -0.39 is 0 Å². The third-order valence-corrected chi connectivity index (χ3v) is 4.07.